The number of rotatable bonds is 2. The van der Waals surface area contributed by atoms with Gasteiger partial charge in [-0.05, 0) is 35.6 Å². The summed E-state index contributed by atoms with van der Waals surface area (Å²) < 4.78 is 38.3. The molecule has 0 saturated carbocycles. The molecule has 4 nitrogen and oxygen atoms in total. The van der Waals surface area contributed by atoms with Crippen LogP contribution in [0.15, 0.2) is 12.1 Å². The first-order chi connectivity index (χ1) is 7.66. The van der Waals surface area contributed by atoms with Crippen LogP contribution >= 0.6 is 22.6 Å². The van der Waals surface area contributed by atoms with Crippen LogP contribution in [-0.4, -0.2) is 10.7 Å². The second-order valence-electron chi connectivity index (χ2n) is 3.13. The fraction of sp³-hybridized carbons (Fsp3) is 0.222. The van der Waals surface area contributed by atoms with Crippen molar-refractivity contribution < 1.29 is 22.9 Å². The first kappa shape index (κ1) is 13.9. The van der Waals surface area contributed by atoms with Crippen LogP contribution in [0.3, 0.4) is 0 Å². The fourth-order valence-corrected chi connectivity index (χ4v) is 2.18. The molecule has 0 spiro atoms. The second-order valence-corrected chi connectivity index (χ2v) is 4.29. The maximum absolute atomic E-state index is 12.7. The van der Waals surface area contributed by atoms with Crippen molar-refractivity contribution in [3.05, 3.63) is 36.9 Å². The predicted octanol–water partition coefficient (Wildman–Crippen LogP) is 3.42. The average Bonchev–Trinajstić information content (AvgIpc) is 2.14. The molecule has 0 amide bonds. The van der Waals surface area contributed by atoms with Gasteiger partial charge in [0.1, 0.15) is 5.56 Å². The monoisotopic (exact) mass is 359 g/mol. The Morgan fingerprint density at radius 2 is 1.94 bits per heavy atom. The second kappa shape index (κ2) is 4.59. The molecule has 0 aromatic heterocycles. The van der Waals surface area contributed by atoms with Crippen molar-refractivity contribution in [3.8, 4) is 0 Å². The molecule has 92 valence electrons. The van der Waals surface area contributed by atoms with Gasteiger partial charge in [0.2, 0.25) is 0 Å². The minimum absolute atomic E-state index is 0.0352. The van der Waals surface area contributed by atoms with E-state index in [1.165, 1.54) is 22.6 Å². The molecule has 0 heterocycles. The van der Waals surface area contributed by atoms with Gasteiger partial charge in [-0.25, -0.2) is 0 Å². The van der Waals surface area contributed by atoms with E-state index in [2.05, 4.69) is 0 Å². The number of alkyl halides is 3. The van der Waals surface area contributed by atoms with Crippen LogP contribution in [0.5, 0.6) is 0 Å². The maximum Gasteiger partial charge on any atom is 0.423 e. The van der Waals surface area contributed by atoms with Gasteiger partial charge in [0.25, 0.3) is 5.69 Å². The minimum atomic E-state index is -4.94. The van der Waals surface area contributed by atoms with E-state index < -0.39 is 33.7 Å². The summed E-state index contributed by atoms with van der Waals surface area (Å²) >= 11 is 1.54. The van der Waals surface area contributed by atoms with Gasteiger partial charge in [-0.15, -0.1) is 0 Å². The molecule has 0 aliphatic heterocycles. The molecule has 0 aliphatic carbocycles. The number of hydrogen-bond acceptors (Lipinski definition) is 3. The molecule has 0 atom stereocenters. The summed E-state index contributed by atoms with van der Waals surface area (Å²) in [6.45, 7) is 0.941. The number of carbonyl (C=O) groups is 1. The molecule has 0 saturated heterocycles. The van der Waals surface area contributed by atoms with Crippen LogP contribution < -0.4 is 0 Å². The van der Waals surface area contributed by atoms with Crippen LogP contribution in [0.2, 0.25) is 0 Å². The zero-order valence-electron chi connectivity index (χ0n) is 8.34. The van der Waals surface area contributed by atoms with Crippen molar-refractivity contribution in [3.63, 3.8) is 0 Å². The average molecular weight is 359 g/mol. The molecule has 1 rings (SSSR count). The van der Waals surface area contributed by atoms with Crippen LogP contribution in [0.4, 0.5) is 18.9 Å². The number of hydrogen-bond donors (Lipinski definition) is 0. The highest BCUT2D eigenvalue weighted by Crippen LogP contribution is 2.40. The number of nitro groups is 1. The van der Waals surface area contributed by atoms with E-state index in [0.717, 1.165) is 19.1 Å². The molecule has 8 heteroatoms. The molecule has 0 unspecified atom stereocenters. The predicted molar refractivity (Wildman–Crippen MR) is 60.8 cm³/mol. The summed E-state index contributed by atoms with van der Waals surface area (Å²) in [5, 5.41) is 10.5. The normalized spacial score (nSPS) is 11.4. The van der Waals surface area contributed by atoms with E-state index >= 15 is 0 Å². The third kappa shape index (κ3) is 2.73. The van der Waals surface area contributed by atoms with Gasteiger partial charge in [0, 0.05) is 15.2 Å². The van der Waals surface area contributed by atoms with Crippen molar-refractivity contribution in [1.82, 2.24) is 0 Å². The summed E-state index contributed by atoms with van der Waals surface area (Å²) in [5.41, 5.74) is -3.25. The fourth-order valence-electron chi connectivity index (χ4n) is 1.35. The summed E-state index contributed by atoms with van der Waals surface area (Å²) in [6.07, 6.45) is -4.94. The van der Waals surface area contributed by atoms with Gasteiger partial charge in [0.05, 0.1) is 4.92 Å². The molecule has 0 N–H and O–H groups in total. The van der Waals surface area contributed by atoms with Gasteiger partial charge in [-0.3, -0.25) is 14.9 Å². The Morgan fingerprint density at radius 3 is 2.29 bits per heavy atom. The Hall–Kier alpha value is -1.19. The Balaban J connectivity index is 3.75. The number of Topliss-reactive ketones (excluding diaryl/α,β-unsaturated/α-hetero) is 1. The first-order valence-electron chi connectivity index (χ1n) is 4.21. The zero-order chi connectivity index (χ0) is 13.4. The lowest BCUT2D eigenvalue weighted by molar-refractivity contribution is -0.388. The van der Waals surface area contributed by atoms with Crippen molar-refractivity contribution >= 4 is 34.1 Å². The molecule has 1 aromatic rings. The Morgan fingerprint density at radius 1 is 1.41 bits per heavy atom. The smallest absolute Gasteiger partial charge is 0.294 e. The topological polar surface area (TPSA) is 60.2 Å². The lowest BCUT2D eigenvalue weighted by Gasteiger charge is -2.12. The Bertz CT molecular complexity index is 499. The highest BCUT2D eigenvalue weighted by Gasteiger charge is 2.42. The number of halogens is 4. The van der Waals surface area contributed by atoms with Gasteiger partial charge >= 0.3 is 6.18 Å². The third-order valence-electron chi connectivity index (χ3n) is 1.96. The number of carbonyl (C=O) groups excluding carboxylic acids is 1. The Labute approximate surface area is 107 Å². The maximum atomic E-state index is 12.7. The Kier molecular flexibility index (Phi) is 3.74. The van der Waals surface area contributed by atoms with E-state index in [9.17, 15) is 28.1 Å². The summed E-state index contributed by atoms with van der Waals surface area (Å²) in [5.74, 6) is -0.856. The van der Waals surface area contributed by atoms with Crippen molar-refractivity contribution in [2.45, 2.75) is 13.1 Å². The zero-order valence-corrected chi connectivity index (χ0v) is 10.5. The number of benzene rings is 1. The molecule has 1 aromatic carbocycles. The SMILES string of the molecule is CC(=O)c1c(I)ccc([N+](=O)[O-])c1C(F)(F)F. The van der Waals surface area contributed by atoms with Crippen molar-refractivity contribution in [2.24, 2.45) is 0 Å². The number of nitrogens with zero attached hydrogens (tertiary/aromatic N) is 1. The lowest BCUT2D eigenvalue weighted by atomic mass is 10.0. The van der Waals surface area contributed by atoms with E-state index in [-0.39, 0.29) is 3.57 Å². The highest BCUT2D eigenvalue weighted by molar-refractivity contribution is 14.1. The van der Waals surface area contributed by atoms with E-state index in [1.807, 2.05) is 0 Å². The van der Waals surface area contributed by atoms with Gasteiger partial charge < -0.3 is 0 Å². The quantitative estimate of drug-likeness (QED) is 0.352. The third-order valence-corrected chi connectivity index (χ3v) is 2.86. The number of ketones is 1. The van der Waals surface area contributed by atoms with Gasteiger partial charge in [0.15, 0.2) is 5.78 Å². The highest BCUT2D eigenvalue weighted by atomic mass is 127. The lowest BCUT2D eigenvalue weighted by Crippen LogP contribution is -2.16. The molecule has 17 heavy (non-hydrogen) atoms. The van der Waals surface area contributed by atoms with E-state index in [0.29, 0.717) is 0 Å². The molecule has 0 fully saturated rings. The van der Waals surface area contributed by atoms with E-state index in [4.69, 9.17) is 0 Å². The van der Waals surface area contributed by atoms with Crippen LogP contribution in [0, 0.1) is 13.7 Å². The molecule has 0 radical (unpaired) electrons. The molecule has 0 aliphatic rings. The van der Waals surface area contributed by atoms with Crippen LogP contribution in [0.25, 0.3) is 0 Å². The van der Waals surface area contributed by atoms with Crippen LogP contribution in [-0.2, 0) is 6.18 Å². The van der Waals surface area contributed by atoms with Gasteiger partial charge in [-0.1, -0.05) is 0 Å². The van der Waals surface area contributed by atoms with Crippen molar-refractivity contribution in [1.29, 1.82) is 0 Å². The molecular weight excluding hydrogens is 354 g/mol. The standard InChI is InChI=1S/C9H5F3INO3/c1-4(15)7-5(13)2-3-6(14(16)17)8(7)9(10,11)12/h2-3H,1H3. The summed E-state index contributed by atoms with van der Waals surface area (Å²) in [4.78, 5) is 20.6. The largest absolute Gasteiger partial charge is 0.423 e. The van der Waals surface area contributed by atoms with Crippen LogP contribution in [0.1, 0.15) is 22.8 Å². The summed E-state index contributed by atoms with van der Waals surface area (Å²) in [7, 11) is 0. The molecular formula is C9H5F3INO3. The van der Waals surface area contributed by atoms with Crippen molar-refractivity contribution in [2.75, 3.05) is 0 Å². The molecule has 0 bridgehead atoms. The number of nitro benzene ring substituents is 1. The summed E-state index contributed by atoms with van der Waals surface area (Å²) in [6, 6.07) is 1.86. The first-order valence-corrected chi connectivity index (χ1v) is 5.29. The van der Waals surface area contributed by atoms with Gasteiger partial charge in [-0.2, -0.15) is 13.2 Å². The minimum Gasteiger partial charge on any atom is -0.294 e. The van der Waals surface area contributed by atoms with E-state index in [1.54, 1.807) is 0 Å².